The number of benzene rings is 1. The van der Waals surface area contributed by atoms with Crippen molar-refractivity contribution in [1.82, 2.24) is 10.6 Å². The zero-order valence-corrected chi connectivity index (χ0v) is 12.7. The van der Waals surface area contributed by atoms with Crippen LogP contribution in [-0.4, -0.2) is 25.0 Å². The van der Waals surface area contributed by atoms with E-state index in [4.69, 9.17) is 0 Å². The lowest BCUT2D eigenvalue weighted by atomic mass is 9.77. The molecule has 1 aromatic carbocycles. The minimum Gasteiger partial charge on any atom is -0.352 e. The summed E-state index contributed by atoms with van der Waals surface area (Å²) in [4.78, 5) is 12.1. The molecule has 3 heteroatoms. The van der Waals surface area contributed by atoms with Crippen LogP contribution in [0, 0.1) is 5.92 Å². The highest BCUT2D eigenvalue weighted by Crippen LogP contribution is 2.36. The maximum atomic E-state index is 12.1. The van der Waals surface area contributed by atoms with Crippen molar-refractivity contribution in [3.05, 3.63) is 35.9 Å². The summed E-state index contributed by atoms with van der Waals surface area (Å²) < 4.78 is 0. The summed E-state index contributed by atoms with van der Waals surface area (Å²) >= 11 is 0. The van der Waals surface area contributed by atoms with Crippen molar-refractivity contribution < 1.29 is 4.79 Å². The molecule has 21 heavy (non-hydrogen) atoms. The van der Waals surface area contributed by atoms with Crippen molar-refractivity contribution in [1.29, 1.82) is 0 Å². The molecular formula is C18H26N2O. The Morgan fingerprint density at radius 1 is 1.10 bits per heavy atom. The molecule has 0 aromatic heterocycles. The van der Waals surface area contributed by atoms with E-state index in [2.05, 4.69) is 41.0 Å². The van der Waals surface area contributed by atoms with Gasteiger partial charge in [0.15, 0.2) is 0 Å². The third-order valence-corrected chi connectivity index (χ3v) is 5.02. The number of nitrogens with one attached hydrogen (secondary N) is 2. The summed E-state index contributed by atoms with van der Waals surface area (Å²) in [5.41, 5.74) is 1.47. The Hall–Kier alpha value is -1.35. The van der Waals surface area contributed by atoms with Gasteiger partial charge in [0.2, 0.25) is 5.91 Å². The molecule has 2 N–H and O–H groups in total. The smallest absolute Gasteiger partial charge is 0.220 e. The molecule has 1 unspecified atom stereocenters. The Balaban J connectivity index is 1.42. The first-order valence-electron chi connectivity index (χ1n) is 8.36. The van der Waals surface area contributed by atoms with Crippen LogP contribution in [0.3, 0.4) is 0 Å². The number of hydrogen-bond acceptors (Lipinski definition) is 2. The average Bonchev–Trinajstić information content (AvgIpc) is 3.02. The van der Waals surface area contributed by atoms with Crippen LogP contribution >= 0.6 is 0 Å². The predicted molar refractivity (Wildman–Crippen MR) is 85.2 cm³/mol. The van der Waals surface area contributed by atoms with Crippen molar-refractivity contribution in [3.8, 4) is 0 Å². The van der Waals surface area contributed by atoms with Crippen LogP contribution in [0.2, 0.25) is 0 Å². The summed E-state index contributed by atoms with van der Waals surface area (Å²) in [6.45, 7) is 1.97. The standard InChI is InChI=1S/C18H26N2O/c21-18(20-17-10-11-19-13-17)12-14-6-8-16(9-7-14)15-4-2-1-3-5-15/h1-5,14,16-17,19H,6-13H2,(H,20,21). The molecule has 1 heterocycles. The molecule has 1 atom stereocenters. The van der Waals surface area contributed by atoms with Gasteiger partial charge in [-0.2, -0.15) is 0 Å². The molecule has 1 aliphatic heterocycles. The van der Waals surface area contributed by atoms with Crippen LogP contribution in [0.4, 0.5) is 0 Å². The first kappa shape index (κ1) is 14.6. The van der Waals surface area contributed by atoms with Gasteiger partial charge in [-0.1, -0.05) is 30.3 Å². The minimum atomic E-state index is 0.256. The molecule has 3 nitrogen and oxygen atoms in total. The minimum absolute atomic E-state index is 0.256. The van der Waals surface area contributed by atoms with Crippen molar-refractivity contribution in [2.75, 3.05) is 13.1 Å². The Morgan fingerprint density at radius 3 is 2.52 bits per heavy atom. The zero-order chi connectivity index (χ0) is 14.5. The molecule has 0 spiro atoms. The first-order valence-corrected chi connectivity index (χ1v) is 8.36. The van der Waals surface area contributed by atoms with Crippen molar-refractivity contribution in [3.63, 3.8) is 0 Å². The van der Waals surface area contributed by atoms with Gasteiger partial charge in [-0.25, -0.2) is 0 Å². The topological polar surface area (TPSA) is 41.1 Å². The highest BCUT2D eigenvalue weighted by Gasteiger charge is 2.25. The molecule has 0 radical (unpaired) electrons. The molecule has 1 amide bonds. The highest BCUT2D eigenvalue weighted by molar-refractivity contribution is 5.76. The monoisotopic (exact) mass is 286 g/mol. The quantitative estimate of drug-likeness (QED) is 0.893. The molecule has 2 aliphatic rings. The van der Waals surface area contributed by atoms with Crippen LogP contribution in [0.1, 0.15) is 50.0 Å². The fraction of sp³-hybridized carbons (Fsp3) is 0.611. The molecule has 114 valence electrons. The number of amides is 1. The summed E-state index contributed by atoms with van der Waals surface area (Å²) in [6, 6.07) is 11.2. The Labute approximate surface area is 127 Å². The van der Waals surface area contributed by atoms with E-state index in [0.29, 0.717) is 17.9 Å². The van der Waals surface area contributed by atoms with Gasteiger partial charge in [0.25, 0.3) is 0 Å². The largest absolute Gasteiger partial charge is 0.352 e. The molecule has 1 aromatic rings. The molecule has 1 saturated carbocycles. The van der Waals surface area contributed by atoms with Gasteiger partial charge in [-0.15, -0.1) is 0 Å². The van der Waals surface area contributed by atoms with E-state index in [9.17, 15) is 4.79 Å². The van der Waals surface area contributed by atoms with Gasteiger partial charge < -0.3 is 10.6 Å². The molecule has 1 saturated heterocycles. The summed E-state index contributed by atoms with van der Waals surface area (Å²) in [5, 5.41) is 6.46. The van der Waals surface area contributed by atoms with Gasteiger partial charge in [0.1, 0.15) is 0 Å². The van der Waals surface area contributed by atoms with E-state index >= 15 is 0 Å². The second-order valence-electron chi connectivity index (χ2n) is 6.59. The second kappa shape index (κ2) is 7.08. The zero-order valence-electron chi connectivity index (χ0n) is 12.7. The average molecular weight is 286 g/mol. The molecule has 0 bridgehead atoms. The Morgan fingerprint density at radius 2 is 1.86 bits per heavy atom. The molecule has 2 fully saturated rings. The highest BCUT2D eigenvalue weighted by atomic mass is 16.1. The lowest BCUT2D eigenvalue weighted by molar-refractivity contribution is -0.122. The second-order valence-corrected chi connectivity index (χ2v) is 6.59. The van der Waals surface area contributed by atoms with Gasteiger partial charge in [-0.3, -0.25) is 4.79 Å². The van der Waals surface area contributed by atoms with Crippen molar-refractivity contribution >= 4 is 5.91 Å². The van der Waals surface area contributed by atoms with Gasteiger partial charge in [0.05, 0.1) is 0 Å². The van der Waals surface area contributed by atoms with Crippen LogP contribution in [0.15, 0.2) is 30.3 Å². The Bertz CT molecular complexity index is 446. The fourth-order valence-electron chi connectivity index (χ4n) is 3.75. The van der Waals surface area contributed by atoms with E-state index in [1.165, 1.54) is 31.2 Å². The lowest BCUT2D eigenvalue weighted by Gasteiger charge is -2.28. The third kappa shape index (κ3) is 4.07. The maximum Gasteiger partial charge on any atom is 0.220 e. The van der Waals surface area contributed by atoms with Crippen molar-refractivity contribution in [2.24, 2.45) is 5.92 Å². The summed E-state index contributed by atoms with van der Waals surface area (Å²) in [6.07, 6.45) is 6.64. The van der Waals surface area contributed by atoms with Crippen LogP contribution in [-0.2, 0) is 4.79 Å². The fourth-order valence-corrected chi connectivity index (χ4v) is 3.75. The van der Waals surface area contributed by atoms with E-state index in [1.54, 1.807) is 0 Å². The maximum absolute atomic E-state index is 12.1. The normalized spacial score (nSPS) is 29.2. The third-order valence-electron chi connectivity index (χ3n) is 5.02. The van der Waals surface area contributed by atoms with Gasteiger partial charge in [0, 0.05) is 19.0 Å². The van der Waals surface area contributed by atoms with E-state index in [-0.39, 0.29) is 5.91 Å². The SMILES string of the molecule is O=C(CC1CCC(c2ccccc2)CC1)NC1CCNC1. The van der Waals surface area contributed by atoms with Crippen LogP contribution in [0.25, 0.3) is 0 Å². The van der Waals surface area contributed by atoms with E-state index in [1.807, 2.05) is 0 Å². The Kier molecular flexibility index (Phi) is 4.91. The van der Waals surface area contributed by atoms with E-state index in [0.717, 1.165) is 25.9 Å². The van der Waals surface area contributed by atoms with Gasteiger partial charge >= 0.3 is 0 Å². The molecular weight excluding hydrogens is 260 g/mol. The number of carbonyl (C=O) groups excluding carboxylic acids is 1. The summed E-state index contributed by atoms with van der Waals surface area (Å²) in [5.74, 6) is 1.54. The summed E-state index contributed by atoms with van der Waals surface area (Å²) in [7, 11) is 0. The van der Waals surface area contributed by atoms with Gasteiger partial charge in [-0.05, 0) is 56.0 Å². The molecule has 3 rings (SSSR count). The number of hydrogen-bond donors (Lipinski definition) is 2. The lowest BCUT2D eigenvalue weighted by Crippen LogP contribution is -2.37. The van der Waals surface area contributed by atoms with E-state index < -0.39 is 0 Å². The van der Waals surface area contributed by atoms with Crippen molar-refractivity contribution in [2.45, 2.75) is 50.5 Å². The molecule has 1 aliphatic carbocycles. The van der Waals surface area contributed by atoms with Crippen LogP contribution < -0.4 is 10.6 Å². The number of rotatable bonds is 4. The van der Waals surface area contributed by atoms with Crippen LogP contribution in [0.5, 0.6) is 0 Å². The number of carbonyl (C=O) groups is 1. The predicted octanol–water partition coefficient (Wildman–Crippen LogP) is 2.83. The first-order chi connectivity index (χ1) is 10.3.